The Labute approximate surface area is 149 Å². The number of benzene rings is 1. The number of carbonyl (C=O) groups excluding carboxylic acids is 2. The smallest absolute Gasteiger partial charge is 0.223 e. The van der Waals surface area contributed by atoms with Gasteiger partial charge in [0.25, 0.3) is 0 Å². The van der Waals surface area contributed by atoms with Crippen molar-refractivity contribution in [3.63, 3.8) is 0 Å². The number of ketones is 1. The fraction of sp³-hybridized carbons (Fsp3) is 0.600. The number of ether oxygens (including phenoxy) is 2. The molecule has 0 atom stereocenters. The van der Waals surface area contributed by atoms with Crippen LogP contribution < -0.4 is 9.47 Å². The zero-order chi connectivity index (χ0) is 17.6. The Morgan fingerprint density at radius 2 is 1.76 bits per heavy atom. The van der Waals surface area contributed by atoms with Gasteiger partial charge in [-0.25, -0.2) is 0 Å². The van der Waals surface area contributed by atoms with Crippen molar-refractivity contribution >= 4 is 11.7 Å². The first kappa shape index (κ1) is 17.8. The predicted molar refractivity (Wildman–Crippen MR) is 95.3 cm³/mol. The van der Waals surface area contributed by atoms with Crippen molar-refractivity contribution in [2.45, 2.75) is 57.9 Å². The third-order valence-corrected chi connectivity index (χ3v) is 5.11. The average Bonchev–Trinajstić information content (AvgIpc) is 2.67. The van der Waals surface area contributed by atoms with Crippen LogP contribution in [0, 0.1) is 0 Å². The summed E-state index contributed by atoms with van der Waals surface area (Å²) in [6.45, 7) is 3.77. The molecule has 1 fully saturated rings. The molecule has 1 saturated carbocycles. The molecule has 0 N–H and O–H groups in total. The highest BCUT2D eigenvalue weighted by molar-refractivity contribution is 5.98. The first-order chi connectivity index (χ1) is 12.2. The van der Waals surface area contributed by atoms with Crippen LogP contribution in [-0.4, -0.2) is 42.4 Å². The highest BCUT2D eigenvalue weighted by atomic mass is 16.6. The molecule has 1 aromatic rings. The minimum Gasteiger partial charge on any atom is -0.486 e. The standard InChI is InChI=1S/C20H27NO4/c1-2-21(16-6-4-3-5-7-16)20(23)11-9-17(22)15-8-10-18-19(14-15)25-13-12-24-18/h8,10,14,16H,2-7,9,11-13H2,1H3. The van der Waals surface area contributed by atoms with Gasteiger partial charge in [0.1, 0.15) is 13.2 Å². The third-order valence-electron chi connectivity index (χ3n) is 5.11. The molecule has 5 heteroatoms. The summed E-state index contributed by atoms with van der Waals surface area (Å²) in [6.07, 6.45) is 6.37. The van der Waals surface area contributed by atoms with Crippen molar-refractivity contribution < 1.29 is 19.1 Å². The van der Waals surface area contributed by atoms with E-state index in [1.54, 1.807) is 18.2 Å². The Hall–Kier alpha value is -2.04. The summed E-state index contributed by atoms with van der Waals surface area (Å²) >= 11 is 0. The zero-order valence-electron chi connectivity index (χ0n) is 15.0. The molecule has 25 heavy (non-hydrogen) atoms. The average molecular weight is 345 g/mol. The Bertz CT molecular complexity index is 622. The molecule has 5 nitrogen and oxygen atoms in total. The summed E-state index contributed by atoms with van der Waals surface area (Å²) in [5, 5.41) is 0. The van der Waals surface area contributed by atoms with E-state index in [1.165, 1.54) is 19.3 Å². The fourth-order valence-corrected chi connectivity index (χ4v) is 3.76. The molecule has 2 aliphatic rings. The van der Waals surface area contributed by atoms with E-state index in [0.717, 1.165) is 19.4 Å². The first-order valence-electron chi connectivity index (χ1n) is 9.41. The third kappa shape index (κ3) is 4.33. The molecule has 1 heterocycles. The van der Waals surface area contributed by atoms with E-state index >= 15 is 0 Å². The van der Waals surface area contributed by atoms with Crippen LogP contribution in [0.5, 0.6) is 11.5 Å². The molecule has 0 saturated heterocycles. The van der Waals surface area contributed by atoms with Gasteiger partial charge in [-0.05, 0) is 38.0 Å². The van der Waals surface area contributed by atoms with Crippen molar-refractivity contribution in [3.8, 4) is 11.5 Å². The van der Waals surface area contributed by atoms with E-state index in [9.17, 15) is 9.59 Å². The van der Waals surface area contributed by atoms with Crippen molar-refractivity contribution in [1.29, 1.82) is 0 Å². The zero-order valence-corrected chi connectivity index (χ0v) is 15.0. The number of rotatable bonds is 6. The summed E-state index contributed by atoms with van der Waals surface area (Å²) in [7, 11) is 0. The van der Waals surface area contributed by atoms with Crippen LogP contribution in [0.15, 0.2) is 18.2 Å². The SMILES string of the molecule is CCN(C(=O)CCC(=O)c1ccc2c(c1)OCCO2)C1CCCCC1. The maximum absolute atomic E-state index is 12.6. The van der Waals surface area contributed by atoms with Gasteiger partial charge in [0.15, 0.2) is 17.3 Å². The lowest BCUT2D eigenvalue weighted by Gasteiger charge is -2.33. The topological polar surface area (TPSA) is 55.8 Å². The number of amides is 1. The van der Waals surface area contributed by atoms with Crippen LogP contribution in [0.25, 0.3) is 0 Å². The molecule has 1 aliphatic heterocycles. The van der Waals surface area contributed by atoms with Crippen LogP contribution in [0.1, 0.15) is 62.2 Å². The van der Waals surface area contributed by atoms with Gasteiger partial charge in [0, 0.05) is 31.0 Å². The molecule has 136 valence electrons. The minimum atomic E-state index is -0.0231. The number of hydrogen-bond donors (Lipinski definition) is 0. The van der Waals surface area contributed by atoms with Crippen molar-refractivity contribution in [2.24, 2.45) is 0 Å². The van der Waals surface area contributed by atoms with E-state index in [0.29, 0.717) is 36.3 Å². The summed E-state index contributed by atoms with van der Waals surface area (Å²) in [5.74, 6) is 1.36. The van der Waals surface area contributed by atoms with E-state index < -0.39 is 0 Å². The normalized spacial score (nSPS) is 17.2. The summed E-state index contributed by atoms with van der Waals surface area (Å²) in [4.78, 5) is 27.0. The van der Waals surface area contributed by atoms with E-state index in [1.807, 2.05) is 11.8 Å². The summed E-state index contributed by atoms with van der Waals surface area (Å²) in [5.41, 5.74) is 0.581. The molecule has 1 amide bonds. The lowest BCUT2D eigenvalue weighted by molar-refractivity contribution is -0.133. The Balaban J connectivity index is 1.56. The van der Waals surface area contributed by atoms with Crippen LogP contribution in [0.4, 0.5) is 0 Å². The fourth-order valence-electron chi connectivity index (χ4n) is 3.76. The molecule has 0 unspecified atom stereocenters. The van der Waals surface area contributed by atoms with Gasteiger partial charge in [0.2, 0.25) is 5.91 Å². The van der Waals surface area contributed by atoms with Crippen LogP contribution in [0.3, 0.4) is 0 Å². The summed E-state index contributed by atoms with van der Waals surface area (Å²) in [6, 6.07) is 5.60. The highest BCUT2D eigenvalue weighted by Gasteiger charge is 2.24. The van der Waals surface area contributed by atoms with Gasteiger partial charge in [-0.1, -0.05) is 19.3 Å². The Kier molecular flexibility index (Phi) is 5.95. The number of carbonyl (C=O) groups is 2. The van der Waals surface area contributed by atoms with E-state index in [2.05, 4.69) is 0 Å². The second-order valence-electron chi connectivity index (χ2n) is 6.75. The Morgan fingerprint density at radius 1 is 1.04 bits per heavy atom. The molecule has 0 aromatic heterocycles. The van der Waals surface area contributed by atoms with Gasteiger partial charge in [-0.3, -0.25) is 9.59 Å². The summed E-state index contributed by atoms with van der Waals surface area (Å²) < 4.78 is 11.0. The predicted octanol–water partition coefficient (Wildman–Crippen LogP) is 3.60. The van der Waals surface area contributed by atoms with Gasteiger partial charge < -0.3 is 14.4 Å². The van der Waals surface area contributed by atoms with Crippen LogP contribution in [0.2, 0.25) is 0 Å². The molecule has 3 rings (SSSR count). The number of Topliss-reactive ketones (excluding diaryl/α,β-unsaturated/α-hetero) is 1. The quantitative estimate of drug-likeness (QED) is 0.739. The van der Waals surface area contributed by atoms with Crippen LogP contribution >= 0.6 is 0 Å². The van der Waals surface area contributed by atoms with Crippen molar-refractivity contribution in [1.82, 2.24) is 4.90 Å². The van der Waals surface area contributed by atoms with Crippen molar-refractivity contribution in [3.05, 3.63) is 23.8 Å². The number of hydrogen-bond acceptors (Lipinski definition) is 4. The number of fused-ring (bicyclic) bond motifs is 1. The molecular formula is C20H27NO4. The lowest BCUT2D eigenvalue weighted by atomic mass is 9.93. The van der Waals surface area contributed by atoms with Gasteiger partial charge in [0.05, 0.1) is 0 Å². The minimum absolute atomic E-state index is 0.0231. The maximum Gasteiger partial charge on any atom is 0.223 e. The molecule has 0 bridgehead atoms. The molecule has 0 radical (unpaired) electrons. The molecule has 1 aliphatic carbocycles. The van der Waals surface area contributed by atoms with Gasteiger partial charge in [-0.15, -0.1) is 0 Å². The van der Waals surface area contributed by atoms with Crippen LogP contribution in [-0.2, 0) is 4.79 Å². The largest absolute Gasteiger partial charge is 0.486 e. The van der Waals surface area contributed by atoms with Gasteiger partial charge in [-0.2, -0.15) is 0 Å². The maximum atomic E-state index is 12.6. The van der Waals surface area contributed by atoms with E-state index in [-0.39, 0.29) is 24.5 Å². The van der Waals surface area contributed by atoms with Gasteiger partial charge >= 0.3 is 0 Å². The second kappa shape index (κ2) is 8.37. The van der Waals surface area contributed by atoms with Crippen molar-refractivity contribution in [2.75, 3.05) is 19.8 Å². The first-order valence-corrected chi connectivity index (χ1v) is 9.41. The monoisotopic (exact) mass is 345 g/mol. The highest BCUT2D eigenvalue weighted by Crippen LogP contribution is 2.31. The second-order valence-corrected chi connectivity index (χ2v) is 6.75. The molecule has 0 spiro atoms. The number of nitrogens with zero attached hydrogens (tertiary/aromatic N) is 1. The van der Waals surface area contributed by atoms with E-state index in [4.69, 9.17) is 9.47 Å². The lowest BCUT2D eigenvalue weighted by Crippen LogP contribution is -2.41. The molecular weight excluding hydrogens is 318 g/mol. The Morgan fingerprint density at radius 3 is 2.48 bits per heavy atom. The molecule has 1 aromatic carbocycles.